The Morgan fingerprint density at radius 2 is 0.914 bits per heavy atom. The first-order chi connectivity index (χ1) is 27.1. The van der Waals surface area contributed by atoms with Crippen LogP contribution in [0.3, 0.4) is 0 Å². The third kappa shape index (κ3) is 10.3. The average Bonchev–Trinajstić information content (AvgIpc) is 3.17. The van der Waals surface area contributed by atoms with E-state index >= 15 is 0 Å². The van der Waals surface area contributed by atoms with Crippen molar-refractivity contribution in [3.05, 3.63) is 0 Å². The van der Waals surface area contributed by atoms with Crippen LogP contribution in [0.4, 0.5) is 0 Å². The molecule has 0 aromatic carbocycles. The monoisotopic (exact) mass is 850 g/mol. The van der Waals surface area contributed by atoms with Gasteiger partial charge in [-0.2, -0.15) is 0 Å². The summed E-state index contributed by atoms with van der Waals surface area (Å²) in [5.74, 6) is 0. The summed E-state index contributed by atoms with van der Waals surface area (Å²) in [5, 5.41) is 127. The molecule has 5 heterocycles. The third-order valence-electron chi connectivity index (χ3n) is 10.8. The van der Waals surface area contributed by atoms with Gasteiger partial charge in [0.2, 0.25) is 0 Å². The fourth-order valence-corrected chi connectivity index (χ4v) is 7.32. The highest BCUT2D eigenvalue weighted by Gasteiger charge is 2.56. The molecule has 16 N–H and O–H groups in total. The lowest BCUT2D eigenvalue weighted by Crippen LogP contribution is -2.69. The predicted molar refractivity (Wildman–Crippen MR) is 186 cm³/mol. The molecule has 58 heavy (non-hydrogen) atoms. The number of rotatable bonds is 12. The van der Waals surface area contributed by atoms with Gasteiger partial charge in [0, 0.05) is 0 Å². The Morgan fingerprint density at radius 1 is 0.448 bits per heavy atom. The molecule has 340 valence electrons. The van der Waals surface area contributed by atoms with E-state index in [9.17, 15) is 61.3 Å². The molecule has 0 aliphatic carbocycles. The highest BCUT2D eigenvalue weighted by Crippen LogP contribution is 2.36. The minimum Gasteiger partial charge on any atom is -0.394 e. The van der Waals surface area contributed by atoms with Gasteiger partial charge in [0.25, 0.3) is 0 Å². The first-order valence-corrected chi connectivity index (χ1v) is 19.2. The lowest BCUT2D eigenvalue weighted by Gasteiger charge is -2.50. The van der Waals surface area contributed by atoms with Crippen LogP contribution in [0.2, 0.25) is 0 Å². The molecule has 5 fully saturated rings. The number of hydrogen-bond acceptors (Lipinski definition) is 24. The standard InChI is InChI=1S/C34H62N2O22/c1-9-16(39)21(44)24(47)31(50-9)56-27-15(36)29(49-8-13-19(42)20(43)14(35)30(54-13)58-34(3,4)5)53-12(7-38)26(27)55-33-28(23(46)18(41)11(6-37)52-33)57-32-25(48)22(45)17(40)10(2)51-32/h9-33,37-48H,6-8,35-36H2,1-5H3/t9?,10?,11?,12?,13?,14?,15?,16?,17-,18?,19?,20+,21+,22?,23-,24?,25-,26?,27+,28?,29+,30-,31+,32?,33-/m0/s1. The van der Waals surface area contributed by atoms with E-state index in [-0.39, 0.29) is 0 Å². The summed E-state index contributed by atoms with van der Waals surface area (Å²) >= 11 is 0. The summed E-state index contributed by atoms with van der Waals surface area (Å²) in [6.07, 6.45) is -36.8. The molecule has 24 heteroatoms. The molecule has 24 nitrogen and oxygen atoms in total. The van der Waals surface area contributed by atoms with Crippen molar-refractivity contribution in [3.8, 4) is 0 Å². The zero-order chi connectivity index (χ0) is 43.1. The number of hydrogen-bond donors (Lipinski definition) is 14. The summed E-state index contributed by atoms with van der Waals surface area (Å²) in [5.41, 5.74) is 12.0. The van der Waals surface area contributed by atoms with Crippen molar-refractivity contribution in [2.75, 3.05) is 19.8 Å². The van der Waals surface area contributed by atoms with Crippen molar-refractivity contribution in [1.29, 1.82) is 0 Å². The second-order valence-corrected chi connectivity index (χ2v) is 16.3. The van der Waals surface area contributed by atoms with E-state index in [1.807, 2.05) is 0 Å². The summed E-state index contributed by atoms with van der Waals surface area (Å²) in [6.45, 7) is 5.70. The average molecular weight is 851 g/mol. The van der Waals surface area contributed by atoms with Gasteiger partial charge in [0.15, 0.2) is 31.5 Å². The quantitative estimate of drug-likeness (QED) is 0.0867. The van der Waals surface area contributed by atoms with Gasteiger partial charge in [0.1, 0.15) is 97.7 Å². The maximum Gasteiger partial charge on any atom is 0.187 e. The van der Waals surface area contributed by atoms with E-state index in [0.717, 1.165) is 0 Å². The lowest BCUT2D eigenvalue weighted by molar-refractivity contribution is -0.393. The van der Waals surface area contributed by atoms with Crippen LogP contribution in [-0.4, -0.2) is 240 Å². The van der Waals surface area contributed by atoms with Crippen LogP contribution in [-0.2, 0) is 47.4 Å². The molecular weight excluding hydrogens is 788 g/mol. The second kappa shape index (κ2) is 19.6. The molecule has 0 aromatic heterocycles. The minimum absolute atomic E-state index is 0.513. The van der Waals surface area contributed by atoms with Crippen molar-refractivity contribution in [2.24, 2.45) is 11.5 Å². The molecule has 25 atom stereocenters. The summed E-state index contributed by atoms with van der Waals surface area (Å²) in [7, 11) is 0. The molecule has 5 saturated heterocycles. The Hall–Kier alpha value is -0.960. The van der Waals surface area contributed by atoms with Gasteiger partial charge in [-0.15, -0.1) is 0 Å². The van der Waals surface area contributed by atoms with E-state index in [4.69, 9.17) is 58.8 Å². The Balaban J connectivity index is 1.43. The molecule has 5 aliphatic heterocycles. The van der Waals surface area contributed by atoms with Crippen molar-refractivity contribution < 1.29 is 109 Å². The maximum absolute atomic E-state index is 11.2. The van der Waals surface area contributed by atoms with E-state index in [0.29, 0.717) is 0 Å². The fraction of sp³-hybridized carbons (Fsp3) is 1.00. The van der Waals surface area contributed by atoms with E-state index in [2.05, 4.69) is 0 Å². The number of aliphatic hydroxyl groups is 12. The van der Waals surface area contributed by atoms with Crippen molar-refractivity contribution in [2.45, 2.75) is 194 Å². The number of aliphatic hydroxyl groups excluding tert-OH is 12. The topological polar surface area (TPSA) is 387 Å². The molecule has 0 aromatic rings. The molecular formula is C34H62N2O22. The molecule has 0 saturated carbocycles. The van der Waals surface area contributed by atoms with E-state index in [1.54, 1.807) is 20.8 Å². The van der Waals surface area contributed by atoms with Crippen LogP contribution >= 0.6 is 0 Å². The van der Waals surface area contributed by atoms with Crippen LogP contribution in [0.25, 0.3) is 0 Å². The number of nitrogens with two attached hydrogens (primary N) is 2. The maximum atomic E-state index is 11.2. The lowest BCUT2D eigenvalue weighted by atomic mass is 9.94. The normalized spacial score (nSPS) is 52.1. The fourth-order valence-electron chi connectivity index (χ4n) is 7.32. The Kier molecular flexibility index (Phi) is 16.3. The molecule has 5 aliphatic rings. The van der Waals surface area contributed by atoms with Gasteiger partial charge in [0.05, 0.1) is 49.7 Å². The Bertz CT molecular complexity index is 1290. The third-order valence-corrected chi connectivity index (χ3v) is 10.8. The van der Waals surface area contributed by atoms with Crippen molar-refractivity contribution >= 4 is 0 Å². The predicted octanol–water partition coefficient (Wildman–Crippen LogP) is -8.11. The van der Waals surface area contributed by atoms with E-state index in [1.165, 1.54) is 13.8 Å². The smallest absolute Gasteiger partial charge is 0.187 e. The van der Waals surface area contributed by atoms with Crippen molar-refractivity contribution in [1.82, 2.24) is 0 Å². The highest BCUT2D eigenvalue weighted by molar-refractivity contribution is 5.00. The van der Waals surface area contributed by atoms with Gasteiger partial charge in [-0.25, -0.2) is 0 Å². The van der Waals surface area contributed by atoms with Gasteiger partial charge in [-0.05, 0) is 34.6 Å². The Labute approximate surface area is 333 Å². The summed E-state index contributed by atoms with van der Waals surface area (Å²) in [4.78, 5) is 0. The first kappa shape index (κ1) is 48.1. The molecule has 0 amide bonds. The van der Waals surface area contributed by atoms with Crippen LogP contribution in [0.1, 0.15) is 34.6 Å². The van der Waals surface area contributed by atoms with E-state index < -0.39 is 179 Å². The highest BCUT2D eigenvalue weighted by atomic mass is 16.8. The van der Waals surface area contributed by atoms with Gasteiger partial charge in [-0.3, -0.25) is 0 Å². The second-order valence-electron chi connectivity index (χ2n) is 16.3. The molecule has 0 radical (unpaired) electrons. The first-order valence-electron chi connectivity index (χ1n) is 19.2. The van der Waals surface area contributed by atoms with Gasteiger partial charge in [-0.1, -0.05) is 0 Å². The largest absolute Gasteiger partial charge is 0.394 e. The van der Waals surface area contributed by atoms with Crippen LogP contribution in [0.5, 0.6) is 0 Å². The molecule has 5 rings (SSSR count). The summed E-state index contributed by atoms with van der Waals surface area (Å²) in [6, 6.07) is -2.63. The van der Waals surface area contributed by atoms with Gasteiger partial charge < -0.3 is 120 Å². The van der Waals surface area contributed by atoms with Crippen LogP contribution < -0.4 is 11.5 Å². The zero-order valence-electron chi connectivity index (χ0n) is 32.7. The van der Waals surface area contributed by atoms with Crippen molar-refractivity contribution in [3.63, 3.8) is 0 Å². The van der Waals surface area contributed by atoms with Crippen LogP contribution in [0, 0.1) is 0 Å². The molecule has 0 bridgehead atoms. The van der Waals surface area contributed by atoms with Gasteiger partial charge >= 0.3 is 0 Å². The zero-order valence-corrected chi connectivity index (χ0v) is 32.7. The number of ether oxygens (including phenoxy) is 10. The summed E-state index contributed by atoms with van der Waals surface area (Å²) < 4.78 is 58.7. The van der Waals surface area contributed by atoms with Crippen LogP contribution in [0.15, 0.2) is 0 Å². The Morgan fingerprint density at radius 3 is 1.43 bits per heavy atom. The molecule has 0 spiro atoms. The molecule has 15 unspecified atom stereocenters. The SMILES string of the molecule is CC1O[C@H](O[C@H]2C(O[C@@H]3OC(CO)C(O)[C@H](O)C3OC3OC(C)[C@H](O)C(O)[C@@H]3O)C(CO)O[C@@H](OCC3O[C@@H](OC(C)(C)C)C(N)[C@@H](O)C3O)C2N)C(O)[C@H](O)C1O. The minimum atomic E-state index is -1.94.